The number of benzene rings is 1. The molecular weight excluding hydrogens is 354 g/mol. The van der Waals surface area contributed by atoms with Crippen molar-refractivity contribution >= 4 is 40.9 Å². The number of nitrogens with one attached hydrogen (secondary N) is 1. The number of amidine groups is 1. The number of unbranched alkanes of at least 4 members (excludes halogenated alkanes) is 1. The van der Waals surface area contributed by atoms with Crippen molar-refractivity contribution in [2.45, 2.75) is 57.5 Å². The van der Waals surface area contributed by atoms with Crippen molar-refractivity contribution in [1.82, 2.24) is 4.90 Å². The lowest BCUT2D eigenvalue weighted by Crippen LogP contribution is -2.33. The molecule has 1 amide bonds. The molecule has 1 saturated carbocycles. The van der Waals surface area contributed by atoms with Gasteiger partial charge in [-0.05, 0) is 43.4 Å². The van der Waals surface area contributed by atoms with Gasteiger partial charge in [-0.2, -0.15) is 0 Å². The number of thioether (sulfide) groups is 1. The summed E-state index contributed by atoms with van der Waals surface area (Å²) in [6, 6.07) is 9.03. The molecule has 1 aliphatic carbocycles. The van der Waals surface area contributed by atoms with E-state index in [1.165, 1.54) is 31.2 Å². The molecule has 25 heavy (non-hydrogen) atoms. The molecule has 4 nitrogen and oxygen atoms in total. The summed E-state index contributed by atoms with van der Waals surface area (Å²) in [4.78, 5) is 19.2. The second-order valence-electron chi connectivity index (χ2n) is 6.77. The molecule has 2 aliphatic rings. The molecule has 138 valence electrons. The van der Waals surface area contributed by atoms with Gasteiger partial charge < -0.3 is 10.2 Å². The average molecular weight is 382 g/mol. The molecule has 0 radical (unpaired) electrons. The van der Waals surface area contributed by atoms with E-state index in [1.807, 2.05) is 12.1 Å². The zero-order chi connectivity index (χ0) is 16.9. The summed E-state index contributed by atoms with van der Waals surface area (Å²) < 4.78 is 0. The van der Waals surface area contributed by atoms with E-state index in [1.54, 1.807) is 11.8 Å². The Kier molecular flexibility index (Phi) is 7.63. The topological polar surface area (TPSA) is 44.7 Å². The number of aryl methyl sites for hydroxylation is 1. The molecule has 1 aromatic rings. The first-order chi connectivity index (χ1) is 11.7. The number of aliphatic imine (C=N–C) groups is 1. The van der Waals surface area contributed by atoms with Crippen molar-refractivity contribution in [3.63, 3.8) is 0 Å². The first-order valence-electron chi connectivity index (χ1n) is 8.98. The standard InChI is InChI=1S/C19H27N3OS.ClH/c1-3-4-5-14-6-8-15(9-7-14)20-18(23)12-17-13-24-19(22(17)2)21-16-10-11-16;/h6-9,16-17H,3-5,10-13H2,1-2H3,(H,20,23);1H. The van der Waals surface area contributed by atoms with Crippen LogP contribution in [-0.2, 0) is 11.2 Å². The predicted molar refractivity (Wildman–Crippen MR) is 110 cm³/mol. The monoisotopic (exact) mass is 381 g/mol. The summed E-state index contributed by atoms with van der Waals surface area (Å²) in [7, 11) is 2.06. The summed E-state index contributed by atoms with van der Waals surface area (Å²) in [5.74, 6) is 1.03. The lowest BCUT2D eigenvalue weighted by atomic mass is 10.1. The predicted octanol–water partition coefficient (Wildman–Crippen LogP) is 4.35. The van der Waals surface area contributed by atoms with E-state index in [9.17, 15) is 4.79 Å². The molecule has 0 spiro atoms. The van der Waals surface area contributed by atoms with Crippen molar-refractivity contribution in [2.24, 2.45) is 4.99 Å². The lowest BCUT2D eigenvalue weighted by Gasteiger charge is -2.20. The fourth-order valence-corrected chi connectivity index (χ4v) is 4.05. The van der Waals surface area contributed by atoms with Crippen molar-refractivity contribution in [3.05, 3.63) is 29.8 Å². The molecule has 1 aromatic carbocycles. The largest absolute Gasteiger partial charge is 0.350 e. The highest BCUT2D eigenvalue weighted by Crippen LogP contribution is 2.30. The SMILES string of the molecule is CCCCc1ccc(NC(=O)CC2CSC(=NC3CC3)N2C)cc1.Cl. The summed E-state index contributed by atoms with van der Waals surface area (Å²) >= 11 is 1.78. The number of halogens is 1. The fraction of sp³-hybridized carbons (Fsp3) is 0.579. The number of rotatable bonds is 7. The van der Waals surface area contributed by atoms with Gasteiger partial charge in [0.05, 0.1) is 6.04 Å². The van der Waals surface area contributed by atoms with Crippen LogP contribution in [0.2, 0.25) is 0 Å². The third-order valence-electron chi connectivity index (χ3n) is 4.57. The number of hydrogen-bond acceptors (Lipinski definition) is 3. The summed E-state index contributed by atoms with van der Waals surface area (Å²) in [5.41, 5.74) is 2.23. The van der Waals surface area contributed by atoms with Gasteiger partial charge in [0.2, 0.25) is 5.91 Å². The van der Waals surface area contributed by atoms with Gasteiger partial charge in [-0.3, -0.25) is 9.79 Å². The molecule has 0 bridgehead atoms. The van der Waals surface area contributed by atoms with E-state index >= 15 is 0 Å². The molecule has 1 heterocycles. The average Bonchev–Trinajstić information content (AvgIpc) is 3.34. The van der Waals surface area contributed by atoms with Gasteiger partial charge in [0.15, 0.2) is 5.17 Å². The van der Waals surface area contributed by atoms with E-state index < -0.39 is 0 Å². The maximum Gasteiger partial charge on any atom is 0.226 e. The van der Waals surface area contributed by atoms with E-state index in [2.05, 4.69) is 36.3 Å². The second-order valence-corrected chi connectivity index (χ2v) is 7.76. The van der Waals surface area contributed by atoms with E-state index in [-0.39, 0.29) is 24.4 Å². The molecule has 2 fully saturated rings. The Bertz CT molecular complexity index is 601. The van der Waals surface area contributed by atoms with Crippen LogP contribution in [0.5, 0.6) is 0 Å². The molecule has 6 heteroatoms. The third kappa shape index (κ3) is 5.93. The van der Waals surface area contributed by atoms with Crippen LogP contribution in [-0.4, -0.2) is 40.9 Å². The lowest BCUT2D eigenvalue weighted by molar-refractivity contribution is -0.116. The molecular formula is C19H28ClN3OS. The van der Waals surface area contributed by atoms with E-state index in [0.717, 1.165) is 23.0 Å². The van der Waals surface area contributed by atoms with Crippen LogP contribution in [0.1, 0.15) is 44.6 Å². The van der Waals surface area contributed by atoms with Crippen LogP contribution in [0, 0.1) is 0 Å². The van der Waals surface area contributed by atoms with Crippen LogP contribution in [0.15, 0.2) is 29.3 Å². The van der Waals surface area contributed by atoms with Crippen LogP contribution in [0.25, 0.3) is 0 Å². The number of carbonyl (C=O) groups excluding carboxylic acids is 1. The highest BCUT2D eigenvalue weighted by molar-refractivity contribution is 8.14. The molecule has 0 aromatic heterocycles. The Morgan fingerprint density at radius 2 is 2.04 bits per heavy atom. The van der Waals surface area contributed by atoms with Crippen LogP contribution in [0.3, 0.4) is 0 Å². The molecule has 1 unspecified atom stereocenters. The van der Waals surface area contributed by atoms with Gasteiger partial charge in [0, 0.05) is 31.0 Å². The Morgan fingerprint density at radius 1 is 1.32 bits per heavy atom. The van der Waals surface area contributed by atoms with Crippen molar-refractivity contribution in [3.8, 4) is 0 Å². The minimum Gasteiger partial charge on any atom is -0.350 e. The summed E-state index contributed by atoms with van der Waals surface area (Å²) in [5, 5.41) is 4.13. The zero-order valence-corrected chi connectivity index (χ0v) is 16.7. The first-order valence-corrected chi connectivity index (χ1v) is 9.96. The second kappa shape index (κ2) is 9.48. The summed E-state index contributed by atoms with van der Waals surface area (Å²) in [6.45, 7) is 2.20. The normalized spacial score (nSPS) is 21.3. The van der Waals surface area contributed by atoms with Gasteiger partial charge in [-0.25, -0.2) is 0 Å². The minimum absolute atomic E-state index is 0. The van der Waals surface area contributed by atoms with Crippen molar-refractivity contribution < 1.29 is 4.79 Å². The van der Waals surface area contributed by atoms with Gasteiger partial charge in [-0.1, -0.05) is 37.2 Å². The molecule has 1 N–H and O–H groups in total. The van der Waals surface area contributed by atoms with Crippen molar-refractivity contribution in [1.29, 1.82) is 0 Å². The van der Waals surface area contributed by atoms with Gasteiger partial charge >= 0.3 is 0 Å². The Labute approximate surface area is 161 Å². The van der Waals surface area contributed by atoms with Crippen molar-refractivity contribution in [2.75, 3.05) is 18.1 Å². The van der Waals surface area contributed by atoms with Gasteiger partial charge in [0.25, 0.3) is 0 Å². The Balaban J connectivity index is 0.00000225. The van der Waals surface area contributed by atoms with Gasteiger partial charge in [0.1, 0.15) is 0 Å². The van der Waals surface area contributed by atoms with E-state index in [4.69, 9.17) is 4.99 Å². The van der Waals surface area contributed by atoms with Crippen LogP contribution in [0.4, 0.5) is 5.69 Å². The molecule has 1 atom stereocenters. The number of anilines is 1. The first kappa shape index (κ1) is 20.1. The number of amides is 1. The molecule has 1 aliphatic heterocycles. The molecule has 1 saturated heterocycles. The maximum atomic E-state index is 12.3. The Hall–Kier alpha value is -1.20. The zero-order valence-electron chi connectivity index (χ0n) is 15.0. The highest BCUT2D eigenvalue weighted by atomic mass is 35.5. The molecule has 3 rings (SSSR count). The number of carbonyl (C=O) groups is 1. The van der Waals surface area contributed by atoms with Gasteiger partial charge in [-0.15, -0.1) is 12.4 Å². The number of hydrogen-bond donors (Lipinski definition) is 1. The summed E-state index contributed by atoms with van der Waals surface area (Å²) in [6.07, 6.45) is 6.48. The maximum absolute atomic E-state index is 12.3. The van der Waals surface area contributed by atoms with E-state index in [0.29, 0.717) is 12.5 Å². The quantitative estimate of drug-likeness (QED) is 0.763. The fourth-order valence-electron chi connectivity index (χ4n) is 2.79. The number of nitrogens with zero attached hydrogens (tertiary/aromatic N) is 2. The smallest absolute Gasteiger partial charge is 0.226 e. The van der Waals surface area contributed by atoms with Crippen LogP contribution >= 0.6 is 24.2 Å². The third-order valence-corrected chi connectivity index (χ3v) is 5.77. The minimum atomic E-state index is 0. The van der Waals surface area contributed by atoms with Crippen LogP contribution < -0.4 is 5.32 Å². The highest BCUT2D eigenvalue weighted by Gasteiger charge is 2.31. The Morgan fingerprint density at radius 3 is 2.68 bits per heavy atom.